The van der Waals surface area contributed by atoms with Crippen LogP contribution in [0.1, 0.15) is 41.3 Å². The van der Waals surface area contributed by atoms with Crippen LogP contribution >= 0.6 is 0 Å². The number of hydrogen-bond acceptors (Lipinski definition) is 2. The molecule has 0 aliphatic rings. The molecule has 0 aromatic heterocycles. The average molecular weight is 244 g/mol. The van der Waals surface area contributed by atoms with Gasteiger partial charge in [-0.15, -0.1) is 0 Å². The molecule has 0 bridgehead atoms. The number of amides is 1. The number of carbonyl (C=O) groups is 1. The Labute approximate surface area is 109 Å². The van der Waals surface area contributed by atoms with E-state index in [1.165, 1.54) is 0 Å². The summed E-state index contributed by atoms with van der Waals surface area (Å²) in [6, 6.07) is 5.63. The van der Waals surface area contributed by atoms with Crippen LogP contribution in [0.5, 0.6) is 0 Å². The van der Waals surface area contributed by atoms with Crippen molar-refractivity contribution in [3.8, 4) is 11.8 Å². The maximum atomic E-state index is 12.0. The fraction of sp³-hybridized carbons (Fsp3) is 0.400. The molecular formula is C15H20N2O. The minimum atomic E-state index is -0.0302. The highest BCUT2D eigenvalue weighted by atomic mass is 16.1. The number of rotatable bonds is 4. The van der Waals surface area contributed by atoms with Crippen LogP contribution in [0.15, 0.2) is 18.2 Å². The van der Waals surface area contributed by atoms with Gasteiger partial charge in [0.1, 0.15) is 0 Å². The molecule has 1 aromatic carbocycles. The molecule has 3 nitrogen and oxygen atoms in total. The molecular weight excluding hydrogens is 224 g/mol. The zero-order valence-corrected chi connectivity index (χ0v) is 11.0. The monoisotopic (exact) mass is 244 g/mol. The molecule has 3 N–H and O–H groups in total. The number of nitrogens with two attached hydrogens (primary N) is 1. The van der Waals surface area contributed by atoms with E-state index < -0.39 is 0 Å². The summed E-state index contributed by atoms with van der Waals surface area (Å²) < 4.78 is 0. The molecule has 18 heavy (non-hydrogen) atoms. The smallest absolute Gasteiger partial charge is 0.251 e. The molecule has 0 saturated heterocycles. The van der Waals surface area contributed by atoms with Gasteiger partial charge in [-0.3, -0.25) is 4.79 Å². The largest absolute Gasteiger partial charge is 0.352 e. The number of aryl methyl sites for hydroxylation is 1. The van der Waals surface area contributed by atoms with Gasteiger partial charge in [0, 0.05) is 17.7 Å². The number of nitrogens with one attached hydrogen (secondary N) is 1. The van der Waals surface area contributed by atoms with Gasteiger partial charge < -0.3 is 11.1 Å². The second-order valence-corrected chi connectivity index (χ2v) is 4.15. The summed E-state index contributed by atoms with van der Waals surface area (Å²) in [4.78, 5) is 12.0. The summed E-state index contributed by atoms with van der Waals surface area (Å²) >= 11 is 0. The molecule has 3 heteroatoms. The molecule has 0 atom stereocenters. The predicted octanol–water partition coefficient (Wildman–Crippen LogP) is 1.84. The Morgan fingerprint density at radius 3 is 2.89 bits per heavy atom. The van der Waals surface area contributed by atoms with E-state index in [1.54, 1.807) is 0 Å². The lowest BCUT2D eigenvalue weighted by Gasteiger charge is -2.07. The van der Waals surface area contributed by atoms with Gasteiger partial charge in [-0.1, -0.05) is 31.3 Å². The van der Waals surface area contributed by atoms with Crippen LogP contribution in [-0.2, 0) is 0 Å². The minimum absolute atomic E-state index is 0.0302. The SMILES string of the molecule is CCCCNC(=O)c1cc(C#CCN)ccc1C. The first-order chi connectivity index (χ1) is 8.69. The van der Waals surface area contributed by atoms with E-state index in [0.717, 1.165) is 24.0 Å². The second-order valence-electron chi connectivity index (χ2n) is 4.15. The maximum Gasteiger partial charge on any atom is 0.251 e. The first-order valence-corrected chi connectivity index (χ1v) is 6.26. The Hall–Kier alpha value is -1.79. The highest BCUT2D eigenvalue weighted by Crippen LogP contribution is 2.10. The van der Waals surface area contributed by atoms with Gasteiger partial charge in [0.2, 0.25) is 0 Å². The van der Waals surface area contributed by atoms with Crippen LogP contribution in [0, 0.1) is 18.8 Å². The van der Waals surface area contributed by atoms with Crippen molar-refractivity contribution in [1.82, 2.24) is 5.32 Å². The van der Waals surface area contributed by atoms with Crippen molar-refractivity contribution < 1.29 is 4.79 Å². The number of carbonyl (C=O) groups excluding carboxylic acids is 1. The Balaban J connectivity index is 2.83. The van der Waals surface area contributed by atoms with Crippen molar-refractivity contribution in [2.75, 3.05) is 13.1 Å². The van der Waals surface area contributed by atoms with Crippen molar-refractivity contribution in [1.29, 1.82) is 0 Å². The topological polar surface area (TPSA) is 55.1 Å². The second kappa shape index (κ2) is 7.52. The lowest BCUT2D eigenvalue weighted by Crippen LogP contribution is -2.25. The van der Waals surface area contributed by atoms with Crippen LogP contribution < -0.4 is 11.1 Å². The van der Waals surface area contributed by atoms with E-state index in [9.17, 15) is 4.79 Å². The Kier molecular flexibility index (Phi) is 5.96. The molecule has 1 rings (SSSR count). The Bertz CT molecular complexity index is 469. The molecule has 0 aliphatic heterocycles. The summed E-state index contributed by atoms with van der Waals surface area (Å²) in [6.45, 7) is 5.06. The number of unbranched alkanes of at least 4 members (excludes halogenated alkanes) is 1. The molecule has 0 spiro atoms. The highest BCUT2D eigenvalue weighted by molar-refractivity contribution is 5.96. The first-order valence-electron chi connectivity index (χ1n) is 6.26. The third kappa shape index (κ3) is 4.23. The van der Waals surface area contributed by atoms with E-state index >= 15 is 0 Å². The van der Waals surface area contributed by atoms with Crippen LogP contribution in [0.2, 0.25) is 0 Å². The third-order valence-corrected chi connectivity index (χ3v) is 2.63. The van der Waals surface area contributed by atoms with Crippen LogP contribution in [0.4, 0.5) is 0 Å². The fourth-order valence-corrected chi connectivity index (χ4v) is 1.57. The van der Waals surface area contributed by atoms with Gasteiger partial charge in [-0.05, 0) is 31.0 Å². The van der Waals surface area contributed by atoms with Gasteiger partial charge in [0.05, 0.1) is 6.54 Å². The van der Waals surface area contributed by atoms with Crippen molar-refractivity contribution in [3.05, 3.63) is 34.9 Å². The number of hydrogen-bond donors (Lipinski definition) is 2. The van der Waals surface area contributed by atoms with Gasteiger partial charge in [0.15, 0.2) is 0 Å². The van der Waals surface area contributed by atoms with Crippen LogP contribution in [-0.4, -0.2) is 19.0 Å². The molecule has 0 aliphatic carbocycles. The van der Waals surface area contributed by atoms with Crippen molar-refractivity contribution in [2.24, 2.45) is 5.73 Å². The quantitative estimate of drug-likeness (QED) is 0.627. The van der Waals surface area contributed by atoms with Crippen molar-refractivity contribution in [3.63, 3.8) is 0 Å². The van der Waals surface area contributed by atoms with Gasteiger partial charge in [-0.25, -0.2) is 0 Å². The summed E-state index contributed by atoms with van der Waals surface area (Å²) in [5.41, 5.74) is 7.81. The minimum Gasteiger partial charge on any atom is -0.352 e. The van der Waals surface area contributed by atoms with E-state index in [2.05, 4.69) is 24.1 Å². The van der Waals surface area contributed by atoms with Crippen LogP contribution in [0.25, 0.3) is 0 Å². The molecule has 0 fully saturated rings. The molecule has 0 saturated carbocycles. The van der Waals surface area contributed by atoms with Gasteiger partial charge in [-0.2, -0.15) is 0 Å². The Morgan fingerprint density at radius 2 is 2.22 bits per heavy atom. The third-order valence-electron chi connectivity index (χ3n) is 2.63. The summed E-state index contributed by atoms with van der Waals surface area (Å²) in [5, 5.41) is 2.91. The van der Waals surface area contributed by atoms with Crippen LogP contribution in [0.3, 0.4) is 0 Å². The highest BCUT2D eigenvalue weighted by Gasteiger charge is 2.08. The predicted molar refractivity (Wildman–Crippen MR) is 74.4 cm³/mol. The first kappa shape index (κ1) is 14.3. The van der Waals surface area contributed by atoms with E-state index in [-0.39, 0.29) is 5.91 Å². The lowest BCUT2D eigenvalue weighted by atomic mass is 10.0. The summed E-state index contributed by atoms with van der Waals surface area (Å²) in [6.07, 6.45) is 2.07. The zero-order chi connectivity index (χ0) is 13.4. The Morgan fingerprint density at radius 1 is 1.44 bits per heavy atom. The van der Waals surface area contributed by atoms with Crippen molar-refractivity contribution >= 4 is 5.91 Å². The number of benzene rings is 1. The molecule has 0 radical (unpaired) electrons. The molecule has 0 unspecified atom stereocenters. The molecule has 96 valence electrons. The van der Waals surface area contributed by atoms with E-state index in [1.807, 2.05) is 25.1 Å². The summed E-state index contributed by atoms with van der Waals surface area (Å²) in [7, 11) is 0. The maximum absolute atomic E-state index is 12.0. The van der Waals surface area contributed by atoms with Gasteiger partial charge >= 0.3 is 0 Å². The van der Waals surface area contributed by atoms with E-state index in [0.29, 0.717) is 18.7 Å². The summed E-state index contributed by atoms with van der Waals surface area (Å²) in [5.74, 6) is 5.70. The zero-order valence-electron chi connectivity index (χ0n) is 11.0. The molecule has 1 amide bonds. The lowest BCUT2D eigenvalue weighted by molar-refractivity contribution is 0.0952. The normalized spacial score (nSPS) is 9.50. The standard InChI is InChI=1S/C15H20N2O/c1-3-4-10-17-15(18)14-11-13(6-5-9-16)8-7-12(14)2/h7-8,11H,3-4,9-10,16H2,1-2H3,(H,17,18). The molecule has 1 aromatic rings. The van der Waals surface area contributed by atoms with E-state index in [4.69, 9.17) is 5.73 Å². The average Bonchev–Trinajstić information content (AvgIpc) is 2.38. The fourth-order valence-electron chi connectivity index (χ4n) is 1.57. The molecule has 0 heterocycles. The van der Waals surface area contributed by atoms with Gasteiger partial charge in [0.25, 0.3) is 5.91 Å². The van der Waals surface area contributed by atoms with Crippen molar-refractivity contribution in [2.45, 2.75) is 26.7 Å².